The summed E-state index contributed by atoms with van der Waals surface area (Å²) in [6.45, 7) is 0. The minimum absolute atomic E-state index is 0.181. The van der Waals surface area contributed by atoms with Crippen LogP contribution in [0.2, 0.25) is 0 Å². The molecule has 0 spiro atoms. The van der Waals surface area contributed by atoms with Crippen LogP contribution in [-0.4, -0.2) is 29.4 Å². The number of anilines is 2. The van der Waals surface area contributed by atoms with Gasteiger partial charge in [-0.3, -0.25) is 14.4 Å². The number of amides is 2. The van der Waals surface area contributed by atoms with Crippen LogP contribution in [0.3, 0.4) is 0 Å². The number of fused-ring (bicyclic) bond motifs is 1. The molecule has 0 aromatic heterocycles. The molecule has 0 saturated heterocycles. The minimum atomic E-state index is -0.789. The molecule has 6 nitrogen and oxygen atoms in total. The lowest BCUT2D eigenvalue weighted by Crippen LogP contribution is -2.37. The van der Waals surface area contributed by atoms with E-state index in [2.05, 4.69) is 23.3 Å². The van der Waals surface area contributed by atoms with Gasteiger partial charge in [0.25, 0.3) is 5.91 Å². The zero-order chi connectivity index (χ0) is 24.1. The molecule has 4 rings (SSSR count). The molecule has 0 aliphatic rings. The second kappa shape index (κ2) is 10.3. The average molecular weight is 470 g/mol. The van der Waals surface area contributed by atoms with Crippen LogP contribution in [0.4, 0.5) is 11.4 Å². The lowest BCUT2D eigenvalue weighted by Gasteiger charge is -2.15. The zero-order valence-electron chi connectivity index (χ0n) is 18.2. The molecule has 0 heterocycles. The Balaban J connectivity index is 1.71. The van der Waals surface area contributed by atoms with Gasteiger partial charge in [-0.15, -0.1) is 0 Å². The molecule has 170 valence electrons. The van der Waals surface area contributed by atoms with Crippen molar-refractivity contribution >= 4 is 52.4 Å². The summed E-state index contributed by atoms with van der Waals surface area (Å²) >= 11 is 4.05. The van der Waals surface area contributed by atoms with E-state index >= 15 is 0 Å². The molecule has 4 N–H and O–H groups in total. The molecule has 0 radical (unpaired) electrons. The highest BCUT2D eigenvalue weighted by Gasteiger charge is 2.19. The second-order valence-electron chi connectivity index (χ2n) is 7.71. The van der Waals surface area contributed by atoms with Gasteiger partial charge in [0.1, 0.15) is 0 Å². The first kappa shape index (κ1) is 23.2. The Labute approximate surface area is 202 Å². The van der Waals surface area contributed by atoms with Gasteiger partial charge in [0.05, 0.1) is 11.7 Å². The average Bonchev–Trinajstić information content (AvgIpc) is 2.88. The van der Waals surface area contributed by atoms with Crippen molar-refractivity contribution in [3.8, 4) is 0 Å². The molecule has 0 bridgehead atoms. The number of rotatable bonds is 7. The maximum absolute atomic E-state index is 13.3. The van der Waals surface area contributed by atoms with E-state index in [9.17, 15) is 14.4 Å². The monoisotopic (exact) mass is 469 g/mol. The fraction of sp³-hybridized carbons (Fsp3) is 0.0741. The van der Waals surface area contributed by atoms with E-state index in [0.717, 1.165) is 10.8 Å². The van der Waals surface area contributed by atoms with Crippen molar-refractivity contribution < 1.29 is 14.4 Å². The lowest BCUT2D eigenvalue weighted by atomic mass is 10.00. The number of nitrogens with two attached hydrogens (primary N) is 1. The SMILES string of the molecule is N[C@@H](CS)C(=O)Nc1ccc(NC(=O)c2cccc3ccccc23)c(C(=O)c2ccccc2)c1. The van der Waals surface area contributed by atoms with Crippen molar-refractivity contribution in [2.24, 2.45) is 5.73 Å². The zero-order valence-corrected chi connectivity index (χ0v) is 19.1. The predicted molar refractivity (Wildman–Crippen MR) is 139 cm³/mol. The Morgan fingerprint density at radius 3 is 2.26 bits per heavy atom. The number of hydrogen-bond donors (Lipinski definition) is 4. The van der Waals surface area contributed by atoms with Crippen molar-refractivity contribution in [3.63, 3.8) is 0 Å². The Hall–Kier alpha value is -3.94. The minimum Gasteiger partial charge on any atom is -0.325 e. The van der Waals surface area contributed by atoms with E-state index in [1.54, 1.807) is 42.5 Å². The highest BCUT2D eigenvalue weighted by molar-refractivity contribution is 7.80. The standard InChI is InChI=1S/C27H23N3O3S/c28-23(16-34)27(33)29-19-13-14-24(22(15-19)25(31)18-8-2-1-3-9-18)30-26(32)21-12-6-10-17-7-4-5-11-20(17)21/h1-15,23,34H,16,28H2,(H,29,33)(H,30,32)/t23-/m0/s1. The van der Waals surface area contributed by atoms with Gasteiger partial charge in [0.15, 0.2) is 5.78 Å². The number of carbonyl (C=O) groups is 3. The van der Waals surface area contributed by atoms with Gasteiger partial charge >= 0.3 is 0 Å². The topological polar surface area (TPSA) is 101 Å². The molecular weight excluding hydrogens is 446 g/mol. The summed E-state index contributed by atoms with van der Waals surface area (Å²) in [5.74, 6) is -0.863. The molecule has 0 saturated carbocycles. The van der Waals surface area contributed by atoms with Gasteiger partial charge < -0.3 is 16.4 Å². The lowest BCUT2D eigenvalue weighted by molar-refractivity contribution is -0.116. The van der Waals surface area contributed by atoms with Crippen LogP contribution < -0.4 is 16.4 Å². The van der Waals surface area contributed by atoms with E-state index in [-0.39, 0.29) is 23.0 Å². The van der Waals surface area contributed by atoms with Gasteiger partial charge in [0, 0.05) is 28.1 Å². The fourth-order valence-electron chi connectivity index (χ4n) is 3.59. The number of ketones is 1. The van der Waals surface area contributed by atoms with Gasteiger partial charge in [-0.05, 0) is 35.0 Å². The molecule has 4 aromatic rings. The van der Waals surface area contributed by atoms with Crippen LogP contribution in [0, 0.1) is 0 Å². The van der Waals surface area contributed by atoms with Crippen molar-refractivity contribution in [1.29, 1.82) is 0 Å². The number of nitrogens with one attached hydrogen (secondary N) is 2. The summed E-state index contributed by atoms with van der Waals surface area (Å²) < 4.78 is 0. The van der Waals surface area contributed by atoms with Crippen LogP contribution in [-0.2, 0) is 4.79 Å². The molecule has 0 aliphatic heterocycles. The first-order chi connectivity index (χ1) is 16.5. The summed E-state index contributed by atoms with van der Waals surface area (Å²) in [5.41, 5.74) is 7.67. The Morgan fingerprint density at radius 1 is 0.794 bits per heavy atom. The quantitative estimate of drug-likeness (QED) is 0.236. The number of benzene rings is 4. The molecule has 0 fully saturated rings. The van der Waals surface area contributed by atoms with Crippen LogP contribution in [0.1, 0.15) is 26.3 Å². The van der Waals surface area contributed by atoms with Gasteiger partial charge in [-0.25, -0.2) is 0 Å². The van der Waals surface area contributed by atoms with Crippen molar-refractivity contribution in [2.45, 2.75) is 6.04 Å². The molecule has 2 amide bonds. The Morgan fingerprint density at radius 2 is 1.50 bits per heavy atom. The number of thiol groups is 1. The highest BCUT2D eigenvalue weighted by atomic mass is 32.1. The van der Waals surface area contributed by atoms with Crippen molar-refractivity contribution in [2.75, 3.05) is 16.4 Å². The molecule has 7 heteroatoms. The molecular formula is C27H23N3O3S. The smallest absolute Gasteiger partial charge is 0.256 e. The largest absolute Gasteiger partial charge is 0.325 e. The van der Waals surface area contributed by atoms with Crippen LogP contribution in [0.25, 0.3) is 10.8 Å². The third kappa shape index (κ3) is 5.01. The number of hydrogen-bond acceptors (Lipinski definition) is 5. The van der Waals surface area contributed by atoms with E-state index in [1.807, 2.05) is 42.5 Å². The third-order valence-electron chi connectivity index (χ3n) is 5.38. The Bertz CT molecular complexity index is 1370. The van der Waals surface area contributed by atoms with Crippen molar-refractivity contribution in [3.05, 3.63) is 108 Å². The second-order valence-corrected chi connectivity index (χ2v) is 8.08. The summed E-state index contributed by atoms with van der Waals surface area (Å²) in [5, 5.41) is 7.32. The van der Waals surface area contributed by atoms with E-state index in [4.69, 9.17) is 5.73 Å². The summed E-state index contributed by atoms with van der Waals surface area (Å²) in [4.78, 5) is 38.8. The maximum atomic E-state index is 13.3. The van der Waals surface area contributed by atoms with Gasteiger partial charge in [-0.1, -0.05) is 66.7 Å². The highest BCUT2D eigenvalue weighted by Crippen LogP contribution is 2.26. The van der Waals surface area contributed by atoms with E-state index in [0.29, 0.717) is 22.5 Å². The van der Waals surface area contributed by atoms with Crippen LogP contribution in [0.15, 0.2) is 91.0 Å². The summed E-state index contributed by atoms with van der Waals surface area (Å²) in [7, 11) is 0. The normalized spacial score (nSPS) is 11.6. The predicted octanol–water partition coefficient (Wildman–Crippen LogP) is 4.52. The fourth-order valence-corrected chi connectivity index (χ4v) is 3.76. The van der Waals surface area contributed by atoms with E-state index < -0.39 is 11.9 Å². The Kier molecular flexibility index (Phi) is 7.06. The molecule has 34 heavy (non-hydrogen) atoms. The molecule has 0 aliphatic carbocycles. The number of carbonyl (C=O) groups excluding carboxylic acids is 3. The first-order valence-electron chi connectivity index (χ1n) is 10.7. The summed E-state index contributed by atoms with van der Waals surface area (Å²) in [6, 6.07) is 25.8. The third-order valence-corrected chi connectivity index (χ3v) is 5.78. The van der Waals surface area contributed by atoms with Crippen LogP contribution in [0.5, 0.6) is 0 Å². The maximum Gasteiger partial charge on any atom is 0.256 e. The molecule has 0 unspecified atom stereocenters. The van der Waals surface area contributed by atoms with Crippen molar-refractivity contribution in [1.82, 2.24) is 0 Å². The van der Waals surface area contributed by atoms with Gasteiger partial charge in [-0.2, -0.15) is 12.6 Å². The van der Waals surface area contributed by atoms with Gasteiger partial charge in [0.2, 0.25) is 5.91 Å². The van der Waals surface area contributed by atoms with Crippen LogP contribution >= 0.6 is 12.6 Å². The molecule has 1 atom stereocenters. The first-order valence-corrected chi connectivity index (χ1v) is 11.3. The summed E-state index contributed by atoms with van der Waals surface area (Å²) in [6.07, 6.45) is 0. The van der Waals surface area contributed by atoms with E-state index in [1.165, 1.54) is 6.07 Å². The molecule has 4 aromatic carbocycles.